The molecule has 10 heteroatoms. The second-order valence-electron chi connectivity index (χ2n) is 11.6. The monoisotopic (exact) mass is 559 g/mol. The molecule has 41 heavy (non-hydrogen) atoms. The van der Waals surface area contributed by atoms with Crippen LogP contribution in [0.3, 0.4) is 0 Å². The summed E-state index contributed by atoms with van der Waals surface area (Å²) in [7, 11) is 2.13. The van der Waals surface area contributed by atoms with E-state index >= 15 is 0 Å². The minimum Gasteiger partial charge on any atom is -0.507 e. The summed E-state index contributed by atoms with van der Waals surface area (Å²) in [5.74, 6) is 1.02. The lowest BCUT2D eigenvalue weighted by molar-refractivity contribution is -0.128. The summed E-state index contributed by atoms with van der Waals surface area (Å²) in [6.45, 7) is 14.8. The third kappa shape index (κ3) is 5.88. The van der Waals surface area contributed by atoms with Gasteiger partial charge in [-0.1, -0.05) is 12.6 Å². The number of ether oxygens (including phenoxy) is 1. The van der Waals surface area contributed by atoms with E-state index in [0.29, 0.717) is 63.7 Å². The number of aryl methyl sites for hydroxylation is 2. The number of hydrogen-bond acceptors (Lipinski definition) is 9. The van der Waals surface area contributed by atoms with Crippen molar-refractivity contribution in [2.75, 3.05) is 44.7 Å². The zero-order valence-corrected chi connectivity index (χ0v) is 24.7. The van der Waals surface area contributed by atoms with Gasteiger partial charge in [-0.2, -0.15) is 15.2 Å². The van der Waals surface area contributed by atoms with E-state index in [1.807, 2.05) is 19.9 Å². The number of nitrogens with zero attached hydrogens (tertiary/aromatic N) is 7. The number of hydrogen-bond donors (Lipinski definition) is 1. The van der Waals surface area contributed by atoms with E-state index in [9.17, 15) is 15.2 Å². The number of fused-ring (bicyclic) bond motifs is 1. The van der Waals surface area contributed by atoms with Gasteiger partial charge in [0.1, 0.15) is 18.2 Å². The Hall–Kier alpha value is -3.68. The number of carbonyl (C=O) groups is 1. The number of aromatic nitrogens is 2. The molecule has 1 aromatic carbocycles. The SMILES string of the molecule is C=CC(=O)N1CCN(c2nc(OC[C@@H]3CCCN3C)nc3c2CN(Cc2c(C)cc(C)c(O)c2C)C3)C[C@@H]1CC#N. The molecule has 1 N–H and O–H groups in total. The fourth-order valence-electron chi connectivity index (χ4n) is 6.49. The van der Waals surface area contributed by atoms with Crippen LogP contribution in [0.25, 0.3) is 0 Å². The van der Waals surface area contributed by atoms with E-state index in [0.717, 1.165) is 58.7 Å². The van der Waals surface area contributed by atoms with Crippen LogP contribution in [-0.4, -0.2) is 87.6 Å². The first-order valence-electron chi connectivity index (χ1n) is 14.5. The lowest BCUT2D eigenvalue weighted by atomic mass is 9.98. The Morgan fingerprint density at radius 1 is 1.20 bits per heavy atom. The van der Waals surface area contributed by atoms with Crippen LogP contribution in [-0.2, 0) is 24.4 Å². The molecular weight excluding hydrogens is 518 g/mol. The highest BCUT2D eigenvalue weighted by molar-refractivity contribution is 5.87. The number of benzene rings is 1. The molecule has 10 nitrogen and oxygen atoms in total. The highest BCUT2D eigenvalue weighted by Crippen LogP contribution is 2.35. The summed E-state index contributed by atoms with van der Waals surface area (Å²) >= 11 is 0. The van der Waals surface area contributed by atoms with E-state index in [4.69, 9.17) is 14.7 Å². The molecule has 0 aliphatic carbocycles. The average Bonchev–Trinajstić information content (AvgIpc) is 3.57. The third-order valence-electron chi connectivity index (χ3n) is 8.92. The predicted octanol–water partition coefficient (Wildman–Crippen LogP) is 3.21. The maximum absolute atomic E-state index is 12.5. The first-order valence-corrected chi connectivity index (χ1v) is 14.5. The fourth-order valence-corrected chi connectivity index (χ4v) is 6.49. The van der Waals surface area contributed by atoms with Crippen LogP contribution < -0.4 is 9.64 Å². The summed E-state index contributed by atoms with van der Waals surface area (Å²) in [5.41, 5.74) is 6.09. The van der Waals surface area contributed by atoms with Crippen molar-refractivity contribution in [1.82, 2.24) is 24.7 Å². The Morgan fingerprint density at radius 2 is 2.00 bits per heavy atom. The second-order valence-corrected chi connectivity index (χ2v) is 11.6. The van der Waals surface area contributed by atoms with Gasteiger partial charge in [0.2, 0.25) is 5.91 Å². The Morgan fingerprint density at radius 3 is 2.71 bits per heavy atom. The first-order chi connectivity index (χ1) is 19.7. The first kappa shape index (κ1) is 28.8. The molecule has 2 saturated heterocycles. The molecule has 1 aromatic heterocycles. The van der Waals surface area contributed by atoms with Gasteiger partial charge in [-0.05, 0) is 75.5 Å². The lowest BCUT2D eigenvalue weighted by Crippen LogP contribution is -2.55. The molecule has 3 aliphatic heterocycles. The van der Waals surface area contributed by atoms with Crippen LogP contribution in [0.4, 0.5) is 5.82 Å². The zero-order chi connectivity index (χ0) is 29.3. The summed E-state index contributed by atoms with van der Waals surface area (Å²) in [5, 5.41) is 20.1. The van der Waals surface area contributed by atoms with Gasteiger partial charge in [-0.15, -0.1) is 0 Å². The predicted molar refractivity (Wildman–Crippen MR) is 157 cm³/mol. The number of nitriles is 1. The van der Waals surface area contributed by atoms with Gasteiger partial charge in [-0.3, -0.25) is 9.69 Å². The average molecular weight is 560 g/mol. The maximum atomic E-state index is 12.5. The number of likely N-dealkylation sites (N-methyl/N-ethyl adjacent to an activating group) is 1. The normalized spacial score (nSPS) is 21.1. The summed E-state index contributed by atoms with van der Waals surface area (Å²) in [6, 6.07) is 4.76. The molecule has 0 spiro atoms. The molecule has 2 atom stereocenters. The van der Waals surface area contributed by atoms with Crippen LogP contribution in [0.15, 0.2) is 18.7 Å². The standard InChI is InChI=1S/C31H41N7O3/c1-6-28(39)38-13-12-37(15-23(38)9-10-32)30-26-17-36(16-25-20(2)14-21(3)29(40)22(25)4)18-27(26)33-31(34-30)41-19-24-8-7-11-35(24)5/h6,14,23-24,40H,1,7-9,11-13,15-19H2,2-5H3/t23-,24-/m0/s1. The topological polar surface area (TPSA) is 109 Å². The molecule has 218 valence electrons. The number of rotatable bonds is 8. The molecule has 0 saturated carbocycles. The van der Waals surface area contributed by atoms with Crippen molar-refractivity contribution in [2.45, 2.75) is 71.8 Å². The Bertz CT molecular complexity index is 1370. The summed E-state index contributed by atoms with van der Waals surface area (Å²) in [4.78, 5) is 30.9. The van der Waals surface area contributed by atoms with Gasteiger partial charge >= 0.3 is 6.01 Å². The van der Waals surface area contributed by atoms with Gasteiger partial charge in [0.05, 0.1) is 24.2 Å². The summed E-state index contributed by atoms with van der Waals surface area (Å²) in [6.07, 6.45) is 3.82. The van der Waals surface area contributed by atoms with Crippen LogP contribution in [0, 0.1) is 32.1 Å². The molecule has 0 unspecified atom stereocenters. The van der Waals surface area contributed by atoms with Crippen molar-refractivity contribution in [3.05, 3.63) is 52.2 Å². The molecular formula is C31H41N7O3. The molecule has 4 heterocycles. The molecule has 2 fully saturated rings. The number of phenols is 1. The van der Waals surface area contributed by atoms with Gasteiger partial charge in [0.15, 0.2) is 0 Å². The molecule has 3 aliphatic rings. The van der Waals surface area contributed by atoms with Crippen LogP contribution in [0.2, 0.25) is 0 Å². The second kappa shape index (κ2) is 12.0. The van der Waals surface area contributed by atoms with Crippen molar-refractivity contribution in [3.8, 4) is 17.8 Å². The van der Waals surface area contributed by atoms with E-state index in [2.05, 4.69) is 41.3 Å². The highest BCUT2D eigenvalue weighted by Gasteiger charge is 2.34. The smallest absolute Gasteiger partial charge is 0.318 e. The van der Waals surface area contributed by atoms with Crippen molar-refractivity contribution >= 4 is 11.7 Å². The molecule has 5 rings (SSSR count). The van der Waals surface area contributed by atoms with Crippen LogP contribution in [0.1, 0.15) is 52.8 Å². The third-order valence-corrected chi connectivity index (χ3v) is 8.92. The van der Waals surface area contributed by atoms with Crippen molar-refractivity contribution < 1.29 is 14.6 Å². The Balaban J connectivity index is 1.43. The number of amides is 1. The number of piperazine rings is 1. The van der Waals surface area contributed by atoms with E-state index in [-0.39, 0.29) is 18.4 Å². The number of anilines is 1. The van der Waals surface area contributed by atoms with Gasteiger partial charge in [0.25, 0.3) is 0 Å². The van der Waals surface area contributed by atoms with E-state index < -0.39 is 0 Å². The summed E-state index contributed by atoms with van der Waals surface area (Å²) < 4.78 is 6.22. The number of carbonyl (C=O) groups excluding carboxylic acids is 1. The van der Waals surface area contributed by atoms with Gasteiger partial charge < -0.3 is 24.5 Å². The minimum atomic E-state index is -0.250. The quantitative estimate of drug-likeness (QED) is 0.488. The Labute approximate surface area is 242 Å². The number of aromatic hydroxyl groups is 1. The van der Waals surface area contributed by atoms with Crippen molar-refractivity contribution in [1.29, 1.82) is 5.26 Å². The fraction of sp³-hybridized carbons (Fsp3) is 0.548. The zero-order valence-electron chi connectivity index (χ0n) is 24.7. The van der Waals surface area contributed by atoms with E-state index in [1.54, 1.807) is 4.90 Å². The molecule has 0 bridgehead atoms. The van der Waals surface area contributed by atoms with Crippen LogP contribution in [0.5, 0.6) is 11.8 Å². The largest absolute Gasteiger partial charge is 0.507 e. The van der Waals surface area contributed by atoms with Gasteiger partial charge in [0, 0.05) is 50.9 Å². The van der Waals surface area contributed by atoms with Crippen molar-refractivity contribution in [2.24, 2.45) is 0 Å². The van der Waals surface area contributed by atoms with E-state index in [1.165, 1.54) is 6.08 Å². The Kier molecular flexibility index (Phi) is 8.47. The number of phenolic OH excluding ortho intramolecular Hbond substituents is 1. The molecule has 1 amide bonds. The van der Waals surface area contributed by atoms with Gasteiger partial charge in [-0.25, -0.2) is 0 Å². The molecule has 2 aromatic rings. The lowest BCUT2D eigenvalue weighted by Gasteiger charge is -2.41. The number of likely N-dealkylation sites (tertiary alicyclic amines) is 1. The maximum Gasteiger partial charge on any atom is 0.318 e. The van der Waals surface area contributed by atoms with Crippen molar-refractivity contribution in [3.63, 3.8) is 0 Å². The molecule has 0 radical (unpaired) electrons. The highest BCUT2D eigenvalue weighted by atomic mass is 16.5. The minimum absolute atomic E-state index is 0.152. The van der Waals surface area contributed by atoms with Crippen LogP contribution >= 0.6 is 0 Å².